The van der Waals surface area contributed by atoms with Gasteiger partial charge in [-0.25, -0.2) is 0 Å². The first-order valence-corrected chi connectivity index (χ1v) is 6.06. The number of hydrogen-bond donors (Lipinski definition) is 0. The topological polar surface area (TPSA) is 17.1 Å². The molecule has 1 aliphatic carbocycles. The lowest BCUT2D eigenvalue weighted by Crippen LogP contribution is -2.06. The van der Waals surface area contributed by atoms with Crippen LogP contribution < -0.4 is 0 Å². The number of carbonyl (C=O) groups is 1. The van der Waals surface area contributed by atoms with Gasteiger partial charge in [0.25, 0.3) is 0 Å². The summed E-state index contributed by atoms with van der Waals surface area (Å²) in [5.41, 5.74) is 1.77. The molecule has 0 radical (unpaired) electrons. The lowest BCUT2D eigenvalue weighted by atomic mass is 9.93. The van der Waals surface area contributed by atoms with E-state index in [-0.39, 0.29) is 5.78 Å². The van der Waals surface area contributed by atoms with Crippen molar-refractivity contribution in [2.45, 2.75) is 25.7 Å². The molecule has 15 heavy (non-hydrogen) atoms. The minimum atomic E-state index is 0.191. The number of hydrogen-bond acceptors (Lipinski definition) is 1. The molecule has 0 spiro atoms. The van der Waals surface area contributed by atoms with Crippen LogP contribution in [0.15, 0.2) is 40.4 Å². The van der Waals surface area contributed by atoms with Crippen LogP contribution in [-0.4, -0.2) is 5.78 Å². The van der Waals surface area contributed by atoms with Crippen LogP contribution in [0.4, 0.5) is 0 Å². The van der Waals surface area contributed by atoms with Crippen LogP contribution in [0.25, 0.3) is 0 Å². The summed E-state index contributed by atoms with van der Waals surface area (Å²) in [5.74, 6) is 0.191. The third kappa shape index (κ3) is 2.57. The van der Waals surface area contributed by atoms with Gasteiger partial charge in [-0.1, -0.05) is 34.1 Å². The molecule has 1 nitrogen and oxygen atoms in total. The van der Waals surface area contributed by atoms with E-state index >= 15 is 0 Å². The number of rotatable bonds is 2. The second kappa shape index (κ2) is 4.75. The summed E-state index contributed by atoms with van der Waals surface area (Å²) >= 11 is 3.38. The Hall–Kier alpha value is -0.890. The van der Waals surface area contributed by atoms with Crippen molar-refractivity contribution in [1.29, 1.82) is 0 Å². The average Bonchev–Trinajstić information content (AvgIpc) is 2.29. The Balaban J connectivity index is 2.24. The highest BCUT2D eigenvalue weighted by Crippen LogP contribution is 2.22. The Bertz CT molecular complexity index is 407. The number of benzene rings is 1. The molecule has 1 aromatic rings. The second-order valence-corrected chi connectivity index (χ2v) is 4.73. The molecule has 1 aliphatic rings. The summed E-state index contributed by atoms with van der Waals surface area (Å²) in [5, 5.41) is 0. The maximum atomic E-state index is 12.1. The van der Waals surface area contributed by atoms with Crippen molar-refractivity contribution in [1.82, 2.24) is 0 Å². The van der Waals surface area contributed by atoms with Crippen molar-refractivity contribution in [3.8, 4) is 0 Å². The number of ketones is 1. The van der Waals surface area contributed by atoms with E-state index in [4.69, 9.17) is 0 Å². The first kappa shape index (κ1) is 10.6. The molecule has 2 heteroatoms. The largest absolute Gasteiger partial charge is 0.289 e. The van der Waals surface area contributed by atoms with Crippen LogP contribution in [0.1, 0.15) is 36.0 Å². The van der Waals surface area contributed by atoms with Gasteiger partial charge in [-0.05, 0) is 43.4 Å². The molecule has 0 unspecified atom stereocenters. The van der Waals surface area contributed by atoms with E-state index in [9.17, 15) is 4.79 Å². The molecule has 0 heterocycles. The van der Waals surface area contributed by atoms with Crippen LogP contribution in [0.5, 0.6) is 0 Å². The third-order valence-corrected chi connectivity index (χ3v) is 3.16. The van der Waals surface area contributed by atoms with Gasteiger partial charge in [0.1, 0.15) is 0 Å². The molecule has 78 valence electrons. The standard InChI is InChI=1S/C13H13BrO/c14-12-8-4-7-11(9-12)13(15)10-5-2-1-3-6-10/h4-5,7-9H,1-3,6H2. The summed E-state index contributed by atoms with van der Waals surface area (Å²) < 4.78 is 0.963. The Morgan fingerprint density at radius 3 is 2.80 bits per heavy atom. The molecule has 1 aromatic carbocycles. The van der Waals surface area contributed by atoms with Crippen molar-refractivity contribution >= 4 is 21.7 Å². The zero-order chi connectivity index (χ0) is 10.7. The molecule has 0 atom stereocenters. The van der Waals surface area contributed by atoms with Gasteiger partial charge < -0.3 is 0 Å². The second-order valence-electron chi connectivity index (χ2n) is 3.81. The predicted molar refractivity (Wildman–Crippen MR) is 65.0 cm³/mol. The van der Waals surface area contributed by atoms with Crippen LogP contribution >= 0.6 is 15.9 Å². The molecular formula is C13H13BrO. The molecule has 2 rings (SSSR count). The van der Waals surface area contributed by atoms with Gasteiger partial charge in [0.15, 0.2) is 5.78 Å². The maximum Gasteiger partial charge on any atom is 0.188 e. The van der Waals surface area contributed by atoms with Crippen molar-refractivity contribution in [3.63, 3.8) is 0 Å². The fraction of sp³-hybridized carbons (Fsp3) is 0.308. The smallest absolute Gasteiger partial charge is 0.188 e. The zero-order valence-electron chi connectivity index (χ0n) is 8.50. The van der Waals surface area contributed by atoms with E-state index in [1.807, 2.05) is 24.3 Å². The molecule has 0 saturated carbocycles. The Morgan fingerprint density at radius 1 is 1.27 bits per heavy atom. The summed E-state index contributed by atoms with van der Waals surface area (Å²) in [4.78, 5) is 12.1. The first-order chi connectivity index (χ1) is 7.27. The maximum absolute atomic E-state index is 12.1. The Labute approximate surface area is 98.3 Å². The quantitative estimate of drug-likeness (QED) is 0.735. The third-order valence-electron chi connectivity index (χ3n) is 2.67. The molecular weight excluding hydrogens is 252 g/mol. The molecule has 0 fully saturated rings. The van der Waals surface area contributed by atoms with Crippen LogP contribution in [0.2, 0.25) is 0 Å². The van der Waals surface area contributed by atoms with Crippen LogP contribution in [0, 0.1) is 0 Å². The molecule has 0 saturated heterocycles. The van der Waals surface area contributed by atoms with Gasteiger partial charge in [-0.15, -0.1) is 0 Å². The molecule has 0 aromatic heterocycles. The monoisotopic (exact) mass is 264 g/mol. The average molecular weight is 265 g/mol. The number of allylic oxidation sites excluding steroid dienone is 2. The summed E-state index contributed by atoms with van der Waals surface area (Å²) in [6.07, 6.45) is 6.44. The fourth-order valence-corrected chi connectivity index (χ4v) is 2.26. The predicted octanol–water partition coefficient (Wildman–Crippen LogP) is 4.13. The number of carbonyl (C=O) groups excluding carboxylic acids is 1. The van der Waals surface area contributed by atoms with E-state index < -0.39 is 0 Å². The highest BCUT2D eigenvalue weighted by atomic mass is 79.9. The summed E-state index contributed by atoms with van der Waals surface area (Å²) in [6.45, 7) is 0. The minimum Gasteiger partial charge on any atom is -0.289 e. The number of Topliss-reactive ketones (excluding diaryl/α,β-unsaturated/α-hetero) is 1. The first-order valence-electron chi connectivity index (χ1n) is 5.26. The van der Waals surface area contributed by atoms with E-state index in [0.29, 0.717) is 0 Å². The lowest BCUT2D eigenvalue weighted by molar-refractivity contribution is 0.102. The SMILES string of the molecule is O=C(C1=CCCCC1)c1cccc(Br)c1. The van der Waals surface area contributed by atoms with Gasteiger partial charge >= 0.3 is 0 Å². The van der Waals surface area contributed by atoms with Gasteiger partial charge in [-0.2, -0.15) is 0 Å². The highest BCUT2D eigenvalue weighted by molar-refractivity contribution is 9.10. The van der Waals surface area contributed by atoms with Gasteiger partial charge in [0.2, 0.25) is 0 Å². The highest BCUT2D eigenvalue weighted by Gasteiger charge is 2.14. The fourth-order valence-electron chi connectivity index (χ4n) is 1.86. The minimum absolute atomic E-state index is 0.191. The normalized spacial score (nSPS) is 15.9. The van der Waals surface area contributed by atoms with Gasteiger partial charge in [0, 0.05) is 10.0 Å². The van der Waals surface area contributed by atoms with Crippen molar-refractivity contribution in [2.75, 3.05) is 0 Å². The van der Waals surface area contributed by atoms with Crippen molar-refractivity contribution in [2.24, 2.45) is 0 Å². The van der Waals surface area contributed by atoms with Gasteiger partial charge in [0.05, 0.1) is 0 Å². The molecule has 0 bridgehead atoms. The molecule has 0 amide bonds. The lowest BCUT2D eigenvalue weighted by Gasteiger charge is -2.11. The van der Waals surface area contributed by atoms with E-state index in [2.05, 4.69) is 22.0 Å². The van der Waals surface area contributed by atoms with Crippen LogP contribution in [0.3, 0.4) is 0 Å². The van der Waals surface area contributed by atoms with Crippen LogP contribution in [-0.2, 0) is 0 Å². The molecule has 0 aliphatic heterocycles. The zero-order valence-corrected chi connectivity index (χ0v) is 10.1. The van der Waals surface area contributed by atoms with E-state index in [1.165, 1.54) is 6.42 Å². The van der Waals surface area contributed by atoms with Gasteiger partial charge in [-0.3, -0.25) is 4.79 Å². The summed E-state index contributed by atoms with van der Waals surface area (Å²) in [7, 11) is 0. The summed E-state index contributed by atoms with van der Waals surface area (Å²) in [6, 6.07) is 7.60. The van der Waals surface area contributed by atoms with Crippen molar-refractivity contribution < 1.29 is 4.79 Å². The van der Waals surface area contributed by atoms with E-state index in [1.54, 1.807) is 0 Å². The number of halogens is 1. The van der Waals surface area contributed by atoms with E-state index in [0.717, 1.165) is 34.9 Å². The van der Waals surface area contributed by atoms with Crippen molar-refractivity contribution in [3.05, 3.63) is 46.0 Å². The Morgan fingerprint density at radius 2 is 2.13 bits per heavy atom. The molecule has 0 N–H and O–H groups in total. The Kier molecular flexibility index (Phi) is 3.37.